The van der Waals surface area contributed by atoms with E-state index in [4.69, 9.17) is 21.1 Å². The summed E-state index contributed by atoms with van der Waals surface area (Å²) in [5.74, 6) is 1.48. The van der Waals surface area contributed by atoms with E-state index in [1.165, 1.54) is 5.56 Å². The third-order valence-corrected chi connectivity index (χ3v) is 4.61. The fraction of sp³-hybridized carbons (Fsp3) is 0.316. The number of anilines is 1. The molecule has 3 rings (SSSR count). The average Bonchev–Trinajstić information content (AvgIpc) is 2.65. The fourth-order valence-corrected chi connectivity index (χ4v) is 3.08. The van der Waals surface area contributed by atoms with E-state index in [1.807, 2.05) is 29.2 Å². The van der Waals surface area contributed by atoms with Gasteiger partial charge in [-0.05, 0) is 53.9 Å². The lowest BCUT2D eigenvalue weighted by Crippen LogP contribution is -2.39. The van der Waals surface area contributed by atoms with Gasteiger partial charge in [-0.15, -0.1) is 0 Å². The zero-order valence-electron chi connectivity index (χ0n) is 14.3. The summed E-state index contributed by atoms with van der Waals surface area (Å²) in [6, 6.07) is 11.3. The second-order valence-corrected chi connectivity index (χ2v) is 6.34. The highest BCUT2D eigenvalue weighted by Crippen LogP contribution is 2.33. The number of hydrogen-bond acceptors (Lipinski definition) is 4. The molecule has 132 valence electrons. The van der Waals surface area contributed by atoms with Gasteiger partial charge in [0.05, 0.1) is 20.8 Å². The Morgan fingerprint density at radius 3 is 2.40 bits per heavy atom. The zero-order valence-corrected chi connectivity index (χ0v) is 15.1. The Balaban J connectivity index is 1.65. The second kappa shape index (κ2) is 7.66. The molecule has 0 atom stereocenters. The summed E-state index contributed by atoms with van der Waals surface area (Å²) in [5, 5.41) is 3.81. The molecule has 5 nitrogen and oxygen atoms in total. The number of hydrogen-bond donors (Lipinski definition) is 1. The molecule has 2 aromatic rings. The molecule has 1 aliphatic heterocycles. The third-order valence-electron chi connectivity index (χ3n) is 4.36. The van der Waals surface area contributed by atoms with Crippen molar-refractivity contribution in [1.29, 1.82) is 0 Å². The normalized spacial score (nSPS) is 13.2. The van der Waals surface area contributed by atoms with E-state index in [-0.39, 0.29) is 12.5 Å². The average molecular weight is 361 g/mol. The van der Waals surface area contributed by atoms with Crippen LogP contribution in [0.25, 0.3) is 0 Å². The number of carbonyl (C=O) groups excluding carboxylic acids is 1. The van der Waals surface area contributed by atoms with Crippen molar-refractivity contribution in [2.75, 3.05) is 32.6 Å². The van der Waals surface area contributed by atoms with E-state index in [0.717, 1.165) is 23.4 Å². The molecule has 0 spiro atoms. The Morgan fingerprint density at radius 2 is 1.76 bits per heavy atom. The summed E-state index contributed by atoms with van der Waals surface area (Å²) in [6.07, 6.45) is 0.808. The predicted octanol–water partition coefficient (Wildman–Crippen LogP) is 3.35. The smallest absolute Gasteiger partial charge is 0.242 e. The van der Waals surface area contributed by atoms with Crippen molar-refractivity contribution in [2.45, 2.75) is 13.0 Å². The van der Waals surface area contributed by atoms with Gasteiger partial charge >= 0.3 is 0 Å². The number of ether oxygens (including phenoxy) is 2. The number of rotatable bonds is 5. The van der Waals surface area contributed by atoms with E-state index in [2.05, 4.69) is 5.32 Å². The van der Waals surface area contributed by atoms with Crippen molar-refractivity contribution in [1.82, 2.24) is 4.90 Å². The molecule has 2 aromatic carbocycles. The Kier molecular flexibility index (Phi) is 5.34. The lowest BCUT2D eigenvalue weighted by Gasteiger charge is -2.30. The molecule has 0 saturated heterocycles. The highest BCUT2D eigenvalue weighted by Gasteiger charge is 2.22. The van der Waals surface area contributed by atoms with Crippen molar-refractivity contribution in [3.63, 3.8) is 0 Å². The topological polar surface area (TPSA) is 50.8 Å². The number of nitrogens with zero attached hydrogens (tertiary/aromatic N) is 1. The quantitative estimate of drug-likeness (QED) is 0.888. The molecular weight excluding hydrogens is 340 g/mol. The molecule has 0 unspecified atom stereocenters. The summed E-state index contributed by atoms with van der Waals surface area (Å²) in [6.45, 7) is 1.53. The van der Waals surface area contributed by atoms with Crippen molar-refractivity contribution in [3.8, 4) is 11.5 Å². The number of benzene rings is 2. The van der Waals surface area contributed by atoms with Crippen LogP contribution in [0, 0.1) is 0 Å². The zero-order chi connectivity index (χ0) is 17.8. The first-order valence-electron chi connectivity index (χ1n) is 8.11. The predicted molar refractivity (Wildman–Crippen MR) is 98.6 cm³/mol. The van der Waals surface area contributed by atoms with E-state index in [9.17, 15) is 4.79 Å². The summed E-state index contributed by atoms with van der Waals surface area (Å²) in [7, 11) is 3.25. The molecule has 0 aromatic heterocycles. The van der Waals surface area contributed by atoms with Crippen molar-refractivity contribution < 1.29 is 14.3 Å². The molecule has 0 aliphatic carbocycles. The number of methoxy groups -OCH3 is 2. The first-order valence-corrected chi connectivity index (χ1v) is 8.49. The van der Waals surface area contributed by atoms with Gasteiger partial charge in [0.2, 0.25) is 5.91 Å². The van der Waals surface area contributed by atoms with Crippen LogP contribution in [-0.4, -0.2) is 38.1 Å². The molecule has 0 radical (unpaired) electrons. The number of carbonyl (C=O) groups is 1. The first-order chi connectivity index (χ1) is 12.1. The van der Waals surface area contributed by atoms with E-state index in [0.29, 0.717) is 23.9 Å². The molecular formula is C19H21ClN2O3. The molecule has 1 N–H and O–H groups in total. The van der Waals surface area contributed by atoms with Gasteiger partial charge in [-0.25, -0.2) is 0 Å². The number of halogens is 1. The Hall–Kier alpha value is -2.40. The molecule has 25 heavy (non-hydrogen) atoms. The van der Waals surface area contributed by atoms with Crippen LogP contribution in [0.2, 0.25) is 5.02 Å². The maximum Gasteiger partial charge on any atom is 0.242 e. The van der Waals surface area contributed by atoms with Crippen LogP contribution in [0.1, 0.15) is 11.1 Å². The van der Waals surface area contributed by atoms with Crippen LogP contribution in [0.4, 0.5) is 5.69 Å². The van der Waals surface area contributed by atoms with Crippen molar-refractivity contribution in [2.24, 2.45) is 0 Å². The molecule has 1 aliphatic rings. The maximum atomic E-state index is 12.5. The molecule has 0 fully saturated rings. The molecule has 1 amide bonds. The Morgan fingerprint density at radius 1 is 1.12 bits per heavy atom. The first kappa shape index (κ1) is 17.4. The lowest BCUT2D eigenvalue weighted by molar-refractivity contribution is -0.130. The van der Waals surface area contributed by atoms with Crippen molar-refractivity contribution >= 4 is 23.2 Å². The number of nitrogens with one attached hydrogen (secondary N) is 1. The van der Waals surface area contributed by atoms with Crippen LogP contribution in [0.5, 0.6) is 11.5 Å². The van der Waals surface area contributed by atoms with Crippen LogP contribution in [-0.2, 0) is 17.8 Å². The van der Waals surface area contributed by atoms with E-state index < -0.39 is 0 Å². The standard InChI is InChI=1S/C19H21ClN2O3/c1-24-17-9-13-7-8-22(12-14(13)10-18(17)25-2)19(23)11-21-16-5-3-15(20)4-6-16/h3-6,9-10,21H,7-8,11-12H2,1-2H3. The molecule has 6 heteroatoms. The van der Waals surface area contributed by atoms with Gasteiger partial charge in [0.15, 0.2) is 11.5 Å². The fourth-order valence-electron chi connectivity index (χ4n) is 2.95. The number of amides is 1. The van der Waals surface area contributed by atoms with Crippen LogP contribution < -0.4 is 14.8 Å². The highest BCUT2D eigenvalue weighted by atomic mass is 35.5. The van der Waals surface area contributed by atoms with Crippen LogP contribution in [0.3, 0.4) is 0 Å². The SMILES string of the molecule is COc1cc2c(cc1OC)CN(C(=O)CNc1ccc(Cl)cc1)CC2. The Labute approximate surface area is 152 Å². The maximum absolute atomic E-state index is 12.5. The highest BCUT2D eigenvalue weighted by molar-refractivity contribution is 6.30. The lowest BCUT2D eigenvalue weighted by atomic mass is 9.98. The van der Waals surface area contributed by atoms with Gasteiger partial charge in [-0.1, -0.05) is 11.6 Å². The Bertz CT molecular complexity index is 762. The van der Waals surface area contributed by atoms with E-state index in [1.54, 1.807) is 26.4 Å². The molecule has 0 saturated carbocycles. The summed E-state index contributed by atoms with van der Waals surface area (Å²) in [5.41, 5.74) is 3.18. The van der Waals surface area contributed by atoms with Crippen molar-refractivity contribution in [3.05, 3.63) is 52.5 Å². The summed E-state index contributed by atoms with van der Waals surface area (Å²) in [4.78, 5) is 14.4. The minimum absolute atomic E-state index is 0.0652. The molecule has 1 heterocycles. The summed E-state index contributed by atoms with van der Waals surface area (Å²) >= 11 is 5.87. The van der Waals surface area contributed by atoms with Crippen LogP contribution in [0.15, 0.2) is 36.4 Å². The van der Waals surface area contributed by atoms with Gasteiger partial charge in [-0.2, -0.15) is 0 Å². The van der Waals surface area contributed by atoms with Gasteiger partial charge in [0, 0.05) is 23.8 Å². The van der Waals surface area contributed by atoms with E-state index >= 15 is 0 Å². The van der Waals surface area contributed by atoms with Gasteiger partial charge in [0.1, 0.15) is 0 Å². The third kappa shape index (κ3) is 3.99. The van der Waals surface area contributed by atoms with Gasteiger partial charge < -0.3 is 19.7 Å². The van der Waals surface area contributed by atoms with Crippen LogP contribution >= 0.6 is 11.6 Å². The minimum atomic E-state index is 0.0652. The monoisotopic (exact) mass is 360 g/mol. The largest absolute Gasteiger partial charge is 0.493 e. The summed E-state index contributed by atoms with van der Waals surface area (Å²) < 4.78 is 10.7. The number of fused-ring (bicyclic) bond motifs is 1. The van der Waals surface area contributed by atoms with Gasteiger partial charge in [-0.3, -0.25) is 4.79 Å². The van der Waals surface area contributed by atoms with Gasteiger partial charge in [0.25, 0.3) is 0 Å². The minimum Gasteiger partial charge on any atom is -0.493 e. The molecule has 0 bridgehead atoms. The second-order valence-electron chi connectivity index (χ2n) is 5.90.